The molecule has 0 radical (unpaired) electrons. The Morgan fingerprint density at radius 2 is 1.88 bits per heavy atom. The van der Waals surface area contributed by atoms with Gasteiger partial charge in [0.25, 0.3) is 0 Å². The van der Waals surface area contributed by atoms with E-state index in [0.29, 0.717) is 29.7 Å². The highest BCUT2D eigenvalue weighted by Gasteiger charge is 2.27. The highest BCUT2D eigenvalue weighted by molar-refractivity contribution is 6.21. The van der Waals surface area contributed by atoms with Crippen LogP contribution in [0.5, 0.6) is 5.75 Å². The standard InChI is InChI=1S/C25H26N2O5/c28-24(29)16-26-32-25(19-9-5-2-6-10-19)20-11-13-22(14-12-20)30-17-21-15-23(31-27-21)18-7-3-1-4-8-18/h1,3-4,7-8,11-16,19,25H,2,5-6,9-10,17H2,(H,28,29)/b26-16+. The smallest absolute Gasteiger partial charge is 0.350 e. The molecule has 1 heterocycles. The molecule has 32 heavy (non-hydrogen) atoms. The van der Waals surface area contributed by atoms with E-state index in [1.165, 1.54) is 6.42 Å². The maximum Gasteiger partial charge on any atom is 0.350 e. The Hall–Kier alpha value is -3.61. The monoisotopic (exact) mass is 434 g/mol. The van der Waals surface area contributed by atoms with Crippen LogP contribution in [-0.4, -0.2) is 22.4 Å². The Kier molecular flexibility index (Phi) is 7.17. The van der Waals surface area contributed by atoms with E-state index in [9.17, 15) is 4.79 Å². The fourth-order valence-corrected chi connectivity index (χ4v) is 4.03. The van der Waals surface area contributed by atoms with Crippen molar-refractivity contribution in [1.29, 1.82) is 0 Å². The average Bonchev–Trinajstić information content (AvgIpc) is 3.31. The highest BCUT2D eigenvalue weighted by atomic mass is 16.6. The molecule has 1 atom stereocenters. The lowest BCUT2D eigenvalue weighted by Crippen LogP contribution is -2.18. The zero-order valence-electron chi connectivity index (χ0n) is 17.7. The summed E-state index contributed by atoms with van der Waals surface area (Å²) in [6.07, 6.45) is 6.12. The van der Waals surface area contributed by atoms with Gasteiger partial charge in [-0.15, -0.1) is 0 Å². The second kappa shape index (κ2) is 10.6. The van der Waals surface area contributed by atoms with Gasteiger partial charge in [-0.3, -0.25) is 0 Å². The van der Waals surface area contributed by atoms with Gasteiger partial charge in [0.15, 0.2) is 18.1 Å². The predicted molar refractivity (Wildman–Crippen MR) is 119 cm³/mol. The SMILES string of the molecule is O=C(O)/C=N/OC(c1ccc(OCc2cc(-c3ccccc3)on2)cc1)C1CCCCC1. The molecular formula is C25H26N2O5. The molecule has 1 aliphatic rings. The van der Waals surface area contributed by atoms with Gasteiger partial charge in [-0.2, -0.15) is 0 Å². The van der Waals surface area contributed by atoms with E-state index in [-0.39, 0.29) is 6.10 Å². The number of carbonyl (C=O) groups is 1. The Balaban J connectivity index is 1.39. The summed E-state index contributed by atoms with van der Waals surface area (Å²) in [6, 6.07) is 19.3. The van der Waals surface area contributed by atoms with Crippen LogP contribution in [0.3, 0.4) is 0 Å². The van der Waals surface area contributed by atoms with Crippen molar-refractivity contribution in [3.63, 3.8) is 0 Å². The Morgan fingerprint density at radius 1 is 1.12 bits per heavy atom. The largest absolute Gasteiger partial charge is 0.487 e. The number of ether oxygens (including phenoxy) is 1. The molecule has 1 saturated carbocycles. The molecule has 3 aromatic rings. The third-order valence-electron chi connectivity index (χ3n) is 5.63. The first-order chi connectivity index (χ1) is 15.7. The van der Waals surface area contributed by atoms with E-state index in [1.807, 2.05) is 60.7 Å². The molecule has 0 amide bonds. The number of aromatic nitrogens is 1. The van der Waals surface area contributed by atoms with Crippen molar-refractivity contribution in [3.05, 3.63) is 71.9 Å². The number of benzene rings is 2. The van der Waals surface area contributed by atoms with Crippen LogP contribution in [0.4, 0.5) is 0 Å². The van der Waals surface area contributed by atoms with Gasteiger partial charge in [0.05, 0.1) is 0 Å². The molecule has 1 unspecified atom stereocenters. The minimum Gasteiger partial charge on any atom is -0.487 e. The molecule has 1 aliphatic carbocycles. The van der Waals surface area contributed by atoms with Crippen molar-refractivity contribution in [2.75, 3.05) is 0 Å². The maximum absolute atomic E-state index is 10.8. The van der Waals surface area contributed by atoms with Crippen LogP contribution in [0.2, 0.25) is 0 Å². The molecule has 0 bridgehead atoms. The van der Waals surface area contributed by atoms with E-state index >= 15 is 0 Å². The summed E-state index contributed by atoms with van der Waals surface area (Å²) in [5, 5.41) is 16.6. The summed E-state index contributed by atoms with van der Waals surface area (Å²) in [4.78, 5) is 16.4. The van der Waals surface area contributed by atoms with Gasteiger partial charge in [-0.1, -0.05) is 72.0 Å². The van der Waals surface area contributed by atoms with E-state index in [1.54, 1.807) is 0 Å². The van der Waals surface area contributed by atoms with Crippen LogP contribution >= 0.6 is 0 Å². The molecule has 1 aromatic heterocycles. The number of aliphatic carboxylic acids is 1. The lowest BCUT2D eigenvalue weighted by Gasteiger charge is -2.28. The van der Waals surface area contributed by atoms with Crippen molar-refractivity contribution >= 4 is 12.2 Å². The molecule has 0 saturated heterocycles. The molecule has 7 nitrogen and oxygen atoms in total. The van der Waals surface area contributed by atoms with Gasteiger partial charge in [0.2, 0.25) is 0 Å². The van der Waals surface area contributed by atoms with Crippen molar-refractivity contribution in [3.8, 4) is 17.1 Å². The topological polar surface area (TPSA) is 94.2 Å². The Morgan fingerprint density at radius 3 is 2.59 bits per heavy atom. The zero-order valence-corrected chi connectivity index (χ0v) is 17.7. The van der Waals surface area contributed by atoms with Crippen LogP contribution in [-0.2, 0) is 16.2 Å². The van der Waals surface area contributed by atoms with Crippen LogP contribution in [0, 0.1) is 5.92 Å². The number of carboxylic acids is 1. The first-order valence-corrected chi connectivity index (χ1v) is 10.8. The fourth-order valence-electron chi connectivity index (χ4n) is 4.03. The van der Waals surface area contributed by atoms with Crippen LogP contribution in [0.15, 0.2) is 70.3 Å². The molecule has 4 rings (SSSR count). The van der Waals surface area contributed by atoms with Gasteiger partial charge < -0.3 is 19.2 Å². The van der Waals surface area contributed by atoms with Gasteiger partial charge in [-0.05, 0) is 30.5 Å². The van der Waals surface area contributed by atoms with Crippen molar-refractivity contribution in [1.82, 2.24) is 5.16 Å². The molecule has 1 N–H and O–H groups in total. The minimum absolute atomic E-state index is 0.274. The first kappa shape index (κ1) is 21.6. The summed E-state index contributed by atoms with van der Waals surface area (Å²) >= 11 is 0. The van der Waals surface area contributed by atoms with Gasteiger partial charge in [0, 0.05) is 17.5 Å². The summed E-state index contributed by atoms with van der Waals surface area (Å²) in [5.41, 5.74) is 2.63. The molecular weight excluding hydrogens is 408 g/mol. The van der Waals surface area contributed by atoms with Gasteiger partial charge in [0.1, 0.15) is 18.1 Å². The summed E-state index contributed by atoms with van der Waals surface area (Å²) < 4.78 is 11.3. The van der Waals surface area contributed by atoms with Crippen LogP contribution < -0.4 is 4.74 Å². The van der Waals surface area contributed by atoms with E-state index in [4.69, 9.17) is 19.2 Å². The van der Waals surface area contributed by atoms with Gasteiger partial charge >= 0.3 is 5.97 Å². The fraction of sp³-hybridized carbons (Fsp3) is 0.320. The number of hydrogen-bond donors (Lipinski definition) is 1. The van der Waals surface area contributed by atoms with Crippen molar-refractivity contribution in [2.45, 2.75) is 44.8 Å². The van der Waals surface area contributed by atoms with Crippen LogP contribution in [0.1, 0.15) is 49.5 Å². The molecule has 7 heteroatoms. The van der Waals surface area contributed by atoms with Crippen LogP contribution in [0.25, 0.3) is 11.3 Å². The summed E-state index contributed by atoms with van der Waals surface area (Å²) in [5.74, 6) is 0.593. The predicted octanol–water partition coefficient (Wildman–Crippen LogP) is 5.63. The van der Waals surface area contributed by atoms with Crippen molar-refractivity contribution < 1.29 is 24.0 Å². The third kappa shape index (κ3) is 5.75. The van der Waals surface area contributed by atoms with Crippen molar-refractivity contribution in [2.24, 2.45) is 11.1 Å². The third-order valence-corrected chi connectivity index (χ3v) is 5.63. The van der Waals surface area contributed by atoms with E-state index in [0.717, 1.165) is 43.0 Å². The summed E-state index contributed by atoms with van der Waals surface area (Å²) in [7, 11) is 0. The molecule has 2 aromatic carbocycles. The van der Waals surface area contributed by atoms with Gasteiger partial charge in [-0.25, -0.2) is 4.79 Å². The quantitative estimate of drug-likeness (QED) is 0.346. The molecule has 166 valence electrons. The number of oxime groups is 1. The number of nitrogens with zero attached hydrogens (tertiary/aromatic N) is 2. The number of carboxylic acid groups (broad SMARTS) is 1. The lowest BCUT2D eigenvalue weighted by molar-refractivity contribution is -0.129. The second-order valence-corrected chi connectivity index (χ2v) is 7.90. The first-order valence-electron chi connectivity index (χ1n) is 10.8. The summed E-state index contributed by atoms with van der Waals surface area (Å²) in [6.45, 7) is 0.293. The number of rotatable bonds is 9. The van der Waals surface area contributed by atoms with E-state index < -0.39 is 5.97 Å². The minimum atomic E-state index is -1.13. The zero-order chi connectivity index (χ0) is 22.2. The molecule has 1 fully saturated rings. The molecule has 0 aliphatic heterocycles. The molecule has 0 spiro atoms. The average molecular weight is 434 g/mol. The second-order valence-electron chi connectivity index (χ2n) is 7.90. The Labute approximate surface area is 186 Å². The number of hydrogen-bond acceptors (Lipinski definition) is 6. The Bertz CT molecular complexity index is 1020. The maximum atomic E-state index is 10.8. The normalized spacial score (nSPS) is 15.5. The van der Waals surface area contributed by atoms with E-state index in [2.05, 4.69) is 10.3 Å². The lowest BCUT2D eigenvalue weighted by atomic mass is 9.83. The highest BCUT2D eigenvalue weighted by Crippen LogP contribution is 2.37.